The summed E-state index contributed by atoms with van der Waals surface area (Å²) in [5.41, 5.74) is 0.538. The first-order valence-electron chi connectivity index (χ1n) is 9.02. The summed E-state index contributed by atoms with van der Waals surface area (Å²) >= 11 is 0. The maximum Gasteiger partial charge on any atom is 0.234 e. The third-order valence-electron chi connectivity index (χ3n) is 4.92. The molecule has 1 aromatic rings. The van der Waals surface area contributed by atoms with Crippen LogP contribution < -0.4 is 5.32 Å². The van der Waals surface area contributed by atoms with Crippen LogP contribution in [0.5, 0.6) is 0 Å². The first-order valence-corrected chi connectivity index (χ1v) is 9.02. The van der Waals surface area contributed by atoms with Crippen molar-refractivity contribution in [2.75, 3.05) is 32.8 Å². The standard InChI is InChI=1S/C19H25FN2O3/c20-16-7-5-14(6-8-16)19(24)15-3-1-9-22(12-15)13-18(23)21-11-17-4-2-10-25-17/h5-8,15,17H,1-4,9-13H2,(H,21,23)/t15-,17+/m0/s1. The number of benzene rings is 1. The summed E-state index contributed by atoms with van der Waals surface area (Å²) in [6.07, 6.45) is 3.89. The van der Waals surface area contributed by atoms with Crippen LogP contribution in [0.15, 0.2) is 24.3 Å². The molecule has 2 heterocycles. The number of Topliss-reactive ketones (excluding diaryl/α,β-unsaturated/α-hetero) is 1. The molecule has 0 unspecified atom stereocenters. The number of carbonyl (C=O) groups is 2. The van der Waals surface area contributed by atoms with Crippen LogP contribution in [0.25, 0.3) is 0 Å². The number of ketones is 1. The molecular formula is C19H25FN2O3. The van der Waals surface area contributed by atoms with Gasteiger partial charge in [0.1, 0.15) is 5.82 Å². The first-order chi connectivity index (χ1) is 12.1. The molecule has 5 nitrogen and oxygen atoms in total. The van der Waals surface area contributed by atoms with Gasteiger partial charge in [0, 0.05) is 31.2 Å². The molecule has 0 aliphatic carbocycles. The molecule has 25 heavy (non-hydrogen) atoms. The van der Waals surface area contributed by atoms with E-state index in [1.165, 1.54) is 24.3 Å². The molecule has 0 radical (unpaired) electrons. The van der Waals surface area contributed by atoms with Gasteiger partial charge in [0.15, 0.2) is 5.78 Å². The van der Waals surface area contributed by atoms with E-state index in [1.54, 1.807) is 0 Å². The molecule has 3 rings (SSSR count). The molecule has 6 heteroatoms. The molecule has 0 saturated carbocycles. The van der Waals surface area contributed by atoms with Crippen molar-refractivity contribution in [3.8, 4) is 0 Å². The van der Waals surface area contributed by atoms with Crippen molar-refractivity contribution in [3.05, 3.63) is 35.6 Å². The summed E-state index contributed by atoms with van der Waals surface area (Å²) in [6.45, 7) is 3.04. The lowest BCUT2D eigenvalue weighted by atomic mass is 9.90. The number of nitrogens with one attached hydrogen (secondary N) is 1. The number of rotatable bonds is 6. The Morgan fingerprint density at radius 3 is 2.72 bits per heavy atom. The molecular weight excluding hydrogens is 323 g/mol. The van der Waals surface area contributed by atoms with Gasteiger partial charge in [-0.2, -0.15) is 0 Å². The van der Waals surface area contributed by atoms with Crippen molar-refractivity contribution in [1.29, 1.82) is 0 Å². The Labute approximate surface area is 147 Å². The third kappa shape index (κ3) is 5.09. The van der Waals surface area contributed by atoms with Crippen LogP contribution in [0.3, 0.4) is 0 Å². The van der Waals surface area contributed by atoms with Gasteiger partial charge in [-0.05, 0) is 56.5 Å². The molecule has 2 atom stereocenters. The lowest BCUT2D eigenvalue weighted by molar-refractivity contribution is -0.123. The lowest BCUT2D eigenvalue weighted by Gasteiger charge is -2.31. The fourth-order valence-electron chi connectivity index (χ4n) is 3.55. The highest BCUT2D eigenvalue weighted by Gasteiger charge is 2.27. The predicted molar refractivity (Wildman–Crippen MR) is 91.9 cm³/mol. The van der Waals surface area contributed by atoms with Crippen molar-refractivity contribution >= 4 is 11.7 Å². The summed E-state index contributed by atoms with van der Waals surface area (Å²) in [4.78, 5) is 26.7. The van der Waals surface area contributed by atoms with Gasteiger partial charge in [0.05, 0.1) is 12.6 Å². The largest absolute Gasteiger partial charge is 0.376 e. The molecule has 0 spiro atoms. The Hall–Kier alpha value is -1.79. The monoisotopic (exact) mass is 348 g/mol. The van der Waals surface area contributed by atoms with Gasteiger partial charge in [0.2, 0.25) is 5.91 Å². The molecule has 2 saturated heterocycles. The Morgan fingerprint density at radius 2 is 2.00 bits per heavy atom. The van der Waals surface area contributed by atoms with E-state index >= 15 is 0 Å². The Kier molecular flexibility index (Phi) is 6.15. The average molecular weight is 348 g/mol. The molecule has 0 bridgehead atoms. The van der Waals surface area contributed by atoms with E-state index in [4.69, 9.17) is 4.74 Å². The zero-order valence-electron chi connectivity index (χ0n) is 14.4. The maximum absolute atomic E-state index is 13.0. The van der Waals surface area contributed by atoms with Gasteiger partial charge >= 0.3 is 0 Å². The number of hydrogen-bond donors (Lipinski definition) is 1. The Morgan fingerprint density at radius 1 is 1.20 bits per heavy atom. The van der Waals surface area contributed by atoms with Gasteiger partial charge in [-0.3, -0.25) is 14.5 Å². The fourth-order valence-corrected chi connectivity index (χ4v) is 3.55. The molecule has 1 N–H and O–H groups in total. The van der Waals surface area contributed by atoms with E-state index in [0.717, 1.165) is 38.8 Å². The second-order valence-corrected chi connectivity index (χ2v) is 6.88. The second-order valence-electron chi connectivity index (χ2n) is 6.88. The summed E-state index contributed by atoms with van der Waals surface area (Å²) < 4.78 is 18.5. The van der Waals surface area contributed by atoms with Crippen LogP contribution in [0.1, 0.15) is 36.0 Å². The number of ether oxygens (including phenoxy) is 1. The summed E-state index contributed by atoms with van der Waals surface area (Å²) in [5, 5.41) is 2.92. The molecule has 1 amide bonds. The number of halogens is 1. The molecule has 136 valence electrons. The van der Waals surface area contributed by atoms with Crippen molar-refractivity contribution in [2.24, 2.45) is 5.92 Å². The van der Waals surface area contributed by atoms with Crippen LogP contribution in [0.2, 0.25) is 0 Å². The molecule has 2 fully saturated rings. The Balaban J connectivity index is 1.47. The molecule has 2 aliphatic rings. The maximum atomic E-state index is 13.0. The number of carbonyl (C=O) groups excluding carboxylic acids is 2. The van der Waals surface area contributed by atoms with Crippen LogP contribution in [-0.2, 0) is 9.53 Å². The molecule has 0 aromatic heterocycles. The van der Waals surface area contributed by atoms with E-state index in [0.29, 0.717) is 25.2 Å². The zero-order chi connectivity index (χ0) is 17.6. The normalized spacial score (nSPS) is 24.2. The highest BCUT2D eigenvalue weighted by molar-refractivity contribution is 5.98. The number of hydrogen-bond acceptors (Lipinski definition) is 4. The van der Waals surface area contributed by atoms with Gasteiger partial charge in [-0.25, -0.2) is 4.39 Å². The van der Waals surface area contributed by atoms with Crippen LogP contribution >= 0.6 is 0 Å². The van der Waals surface area contributed by atoms with Crippen molar-refractivity contribution in [1.82, 2.24) is 10.2 Å². The van der Waals surface area contributed by atoms with Crippen molar-refractivity contribution in [2.45, 2.75) is 31.8 Å². The number of piperidine rings is 1. The minimum Gasteiger partial charge on any atom is -0.376 e. The van der Waals surface area contributed by atoms with E-state index < -0.39 is 0 Å². The highest BCUT2D eigenvalue weighted by atomic mass is 19.1. The molecule has 1 aromatic carbocycles. The predicted octanol–water partition coefficient (Wildman–Crippen LogP) is 2.02. The summed E-state index contributed by atoms with van der Waals surface area (Å²) in [7, 11) is 0. The number of nitrogens with zero attached hydrogens (tertiary/aromatic N) is 1. The minimum absolute atomic E-state index is 0.0228. The topological polar surface area (TPSA) is 58.6 Å². The van der Waals surface area contributed by atoms with Gasteiger partial charge in [-0.1, -0.05) is 0 Å². The number of likely N-dealkylation sites (tertiary alicyclic amines) is 1. The van der Waals surface area contributed by atoms with Crippen LogP contribution in [0.4, 0.5) is 4.39 Å². The lowest BCUT2D eigenvalue weighted by Crippen LogP contribution is -2.45. The fraction of sp³-hybridized carbons (Fsp3) is 0.579. The molecule has 2 aliphatic heterocycles. The van der Waals surface area contributed by atoms with Crippen LogP contribution in [-0.4, -0.2) is 55.5 Å². The highest BCUT2D eigenvalue weighted by Crippen LogP contribution is 2.21. The quantitative estimate of drug-likeness (QED) is 0.799. The van der Waals surface area contributed by atoms with Crippen molar-refractivity contribution in [3.63, 3.8) is 0 Å². The second kappa shape index (κ2) is 8.54. The van der Waals surface area contributed by atoms with Gasteiger partial charge in [0.25, 0.3) is 0 Å². The van der Waals surface area contributed by atoms with Crippen molar-refractivity contribution < 1.29 is 18.7 Å². The van der Waals surface area contributed by atoms with Crippen LogP contribution in [0, 0.1) is 11.7 Å². The van der Waals surface area contributed by atoms with E-state index in [-0.39, 0.29) is 29.5 Å². The van der Waals surface area contributed by atoms with E-state index in [1.807, 2.05) is 4.90 Å². The van der Waals surface area contributed by atoms with Gasteiger partial charge in [-0.15, -0.1) is 0 Å². The SMILES string of the molecule is O=C(CN1CCC[C@H](C(=O)c2ccc(F)cc2)C1)NC[C@H]1CCCO1. The number of amides is 1. The minimum atomic E-state index is -0.343. The first kappa shape index (κ1) is 18.0. The van der Waals surface area contributed by atoms with E-state index in [2.05, 4.69) is 5.32 Å². The zero-order valence-corrected chi connectivity index (χ0v) is 14.4. The average Bonchev–Trinajstić information content (AvgIpc) is 3.14. The summed E-state index contributed by atoms with van der Waals surface area (Å²) in [5.74, 6) is -0.468. The van der Waals surface area contributed by atoms with Gasteiger partial charge < -0.3 is 10.1 Å². The summed E-state index contributed by atoms with van der Waals surface area (Å²) in [6, 6.07) is 5.69. The van der Waals surface area contributed by atoms with E-state index in [9.17, 15) is 14.0 Å². The smallest absolute Gasteiger partial charge is 0.234 e. The Bertz CT molecular complexity index is 599. The third-order valence-corrected chi connectivity index (χ3v) is 4.92.